The van der Waals surface area contributed by atoms with E-state index < -0.39 is 6.09 Å². The Morgan fingerprint density at radius 2 is 2.33 bits per heavy atom. The smallest absolute Gasteiger partial charge is 0.411 e. The molecule has 0 aliphatic rings. The summed E-state index contributed by atoms with van der Waals surface area (Å²) in [7, 11) is 0. The van der Waals surface area contributed by atoms with Crippen molar-refractivity contribution in [1.29, 1.82) is 5.26 Å². The average molecular weight is 245 g/mol. The molecule has 92 valence electrons. The Bertz CT molecular complexity index is 528. The lowest BCUT2D eigenvalue weighted by Crippen LogP contribution is -2.14. The molecule has 0 aliphatic carbocycles. The molecule has 0 saturated heterocycles. The van der Waals surface area contributed by atoms with Crippen molar-refractivity contribution in [2.45, 2.75) is 13.3 Å². The van der Waals surface area contributed by atoms with Crippen molar-refractivity contribution < 1.29 is 14.3 Å². The van der Waals surface area contributed by atoms with Crippen LogP contribution in [0.4, 0.5) is 16.2 Å². The third-order valence-corrected chi connectivity index (χ3v) is 2.08. The Kier molecular flexibility index (Phi) is 5.10. The summed E-state index contributed by atoms with van der Waals surface area (Å²) in [5.41, 5.74) is 1.69. The Hall–Kier alpha value is -2.64. The maximum Gasteiger partial charge on any atom is 0.411 e. The predicted molar refractivity (Wildman–Crippen MR) is 64.2 cm³/mol. The van der Waals surface area contributed by atoms with E-state index in [4.69, 9.17) is 10.00 Å². The first kappa shape index (κ1) is 13.4. The summed E-state index contributed by atoms with van der Waals surface area (Å²) in [6, 6.07) is 6.74. The third kappa shape index (κ3) is 4.08. The van der Waals surface area contributed by atoms with Gasteiger partial charge in [0.15, 0.2) is 0 Å². The summed E-state index contributed by atoms with van der Waals surface area (Å²) in [6.45, 7) is 1.83. The van der Waals surface area contributed by atoms with Crippen LogP contribution >= 0.6 is 0 Å². The van der Waals surface area contributed by atoms with Gasteiger partial charge >= 0.3 is 6.09 Å². The Balaban J connectivity index is 2.71. The Labute approximate surface area is 104 Å². The molecule has 0 bridgehead atoms. The van der Waals surface area contributed by atoms with Crippen LogP contribution in [0.1, 0.15) is 12.0 Å². The molecule has 0 aromatic heterocycles. The highest BCUT2D eigenvalue weighted by molar-refractivity contribution is 5.86. The number of hydrogen-bond donors (Lipinski definition) is 1. The van der Waals surface area contributed by atoms with Crippen LogP contribution in [0, 0.1) is 18.3 Å². The number of nitrogens with one attached hydrogen (secondary N) is 1. The van der Waals surface area contributed by atoms with Gasteiger partial charge in [-0.2, -0.15) is 10.3 Å². The highest BCUT2D eigenvalue weighted by Crippen LogP contribution is 2.22. The lowest BCUT2D eigenvalue weighted by molar-refractivity contribution is 0.164. The molecule has 0 aliphatic heterocycles. The minimum Gasteiger partial charge on any atom is -0.448 e. The highest BCUT2D eigenvalue weighted by Gasteiger charge is 2.06. The number of rotatable bonds is 4. The molecule has 1 N–H and O–H groups in total. The standard InChI is InChI=1S/C12H11N3O3/c1-9-3-4-10(14-8-16)7-11(9)15-12(17)18-6-2-5-13/h3-4,7H,2,6H2,1H3,(H,15,17). The monoisotopic (exact) mass is 245 g/mol. The van der Waals surface area contributed by atoms with Gasteiger partial charge in [-0.3, -0.25) is 5.32 Å². The number of benzene rings is 1. The number of nitriles is 1. The summed E-state index contributed by atoms with van der Waals surface area (Å²) < 4.78 is 4.76. The lowest BCUT2D eigenvalue weighted by atomic mass is 10.2. The number of isocyanates is 1. The zero-order valence-corrected chi connectivity index (χ0v) is 9.77. The van der Waals surface area contributed by atoms with Gasteiger partial charge in [-0.1, -0.05) is 6.07 Å². The lowest BCUT2D eigenvalue weighted by Gasteiger charge is -2.08. The number of aliphatic imine (C=N–C) groups is 1. The van der Waals surface area contributed by atoms with E-state index >= 15 is 0 Å². The first-order chi connectivity index (χ1) is 8.67. The van der Waals surface area contributed by atoms with Crippen LogP contribution in [-0.4, -0.2) is 18.8 Å². The molecule has 0 atom stereocenters. The van der Waals surface area contributed by atoms with Crippen LogP contribution in [0.15, 0.2) is 23.2 Å². The van der Waals surface area contributed by atoms with Gasteiger partial charge in [-0.05, 0) is 24.6 Å². The van der Waals surface area contributed by atoms with Gasteiger partial charge in [0.2, 0.25) is 6.08 Å². The number of hydrogen-bond acceptors (Lipinski definition) is 5. The molecular weight excluding hydrogens is 234 g/mol. The van der Waals surface area contributed by atoms with Crippen molar-refractivity contribution in [2.75, 3.05) is 11.9 Å². The predicted octanol–water partition coefficient (Wildman–Crippen LogP) is 2.42. The summed E-state index contributed by atoms with van der Waals surface area (Å²) in [5, 5.41) is 10.8. The van der Waals surface area contributed by atoms with E-state index in [0.29, 0.717) is 11.4 Å². The summed E-state index contributed by atoms with van der Waals surface area (Å²) in [4.78, 5) is 24.9. The molecule has 0 heterocycles. The first-order valence-corrected chi connectivity index (χ1v) is 5.16. The number of carbonyl (C=O) groups is 1. The van der Waals surface area contributed by atoms with Crippen molar-refractivity contribution in [2.24, 2.45) is 4.99 Å². The quantitative estimate of drug-likeness (QED) is 0.501. The van der Waals surface area contributed by atoms with E-state index in [1.807, 2.05) is 6.07 Å². The fraction of sp³-hybridized carbons (Fsp3) is 0.250. The van der Waals surface area contributed by atoms with Gasteiger partial charge in [0.05, 0.1) is 18.2 Å². The van der Waals surface area contributed by atoms with Crippen molar-refractivity contribution in [3.63, 3.8) is 0 Å². The number of anilines is 1. The Morgan fingerprint density at radius 3 is 3.00 bits per heavy atom. The zero-order valence-electron chi connectivity index (χ0n) is 9.77. The number of ether oxygens (including phenoxy) is 1. The van der Waals surface area contributed by atoms with Gasteiger partial charge in [-0.25, -0.2) is 9.59 Å². The number of amides is 1. The van der Waals surface area contributed by atoms with Crippen molar-refractivity contribution >= 4 is 23.5 Å². The molecule has 0 saturated carbocycles. The van der Waals surface area contributed by atoms with Gasteiger partial charge < -0.3 is 4.74 Å². The van der Waals surface area contributed by atoms with Crippen molar-refractivity contribution in [1.82, 2.24) is 0 Å². The SMILES string of the molecule is Cc1ccc(N=C=O)cc1NC(=O)OCCC#N. The second-order valence-electron chi connectivity index (χ2n) is 3.37. The van der Waals surface area contributed by atoms with Crippen LogP contribution in [0.5, 0.6) is 0 Å². The summed E-state index contributed by atoms with van der Waals surface area (Å²) in [5.74, 6) is 0. The number of nitrogens with zero attached hydrogens (tertiary/aromatic N) is 2. The highest BCUT2D eigenvalue weighted by atomic mass is 16.5. The molecule has 1 aromatic rings. The summed E-state index contributed by atoms with van der Waals surface area (Å²) >= 11 is 0. The van der Waals surface area contributed by atoms with E-state index in [9.17, 15) is 9.59 Å². The van der Waals surface area contributed by atoms with Crippen molar-refractivity contribution in [3.05, 3.63) is 23.8 Å². The van der Waals surface area contributed by atoms with Gasteiger partial charge in [0.1, 0.15) is 6.61 Å². The Morgan fingerprint density at radius 1 is 1.56 bits per heavy atom. The second-order valence-corrected chi connectivity index (χ2v) is 3.37. The fourth-order valence-electron chi connectivity index (χ4n) is 1.20. The largest absolute Gasteiger partial charge is 0.448 e. The second kappa shape index (κ2) is 6.84. The molecule has 0 radical (unpaired) electrons. The molecule has 1 aromatic carbocycles. The van der Waals surface area contributed by atoms with E-state index in [2.05, 4.69) is 10.3 Å². The van der Waals surface area contributed by atoms with Gasteiger partial charge in [-0.15, -0.1) is 0 Å². The van der Waals surface area contributed by atoms with Crippen molar-refractivity contribution in [3.8, 4) is 6.07 Å². The fourth-order valence-corrected chi connectivity index (χ4v) is 1.20. The maximum absolute atomic E-state index is 11.4. The van der Waals surface area contributed by atoms with E-state index in [1.54, 1.807) is 19.1 Å². The van der Waals surface area contributed by atoms with Gasteiger partial charge in [0, 0.05) is 5.69 Å². The molecule has 1 rings (SSSR count). The molecule has 0 unspecified atom stereocenters. The minimum atomic E-state index is -0.652. The number of aryl methyl sites for hydroxylation is 1. The van der Waals surface area contributed by atoms with Crippen LogP contribution in [-0.2, 0) is 9.53 Å². The molecular formula is C12H11N3O3. The topological polar surface area (TPSA) is 91.6 Å². The molecule has 0 fully saturated rings. The van der Waals surface area contributed by atoms with Crippen LogP contribution in [0.25, 0.3) is 0 Å². The summed E-state index contributed by atoms with van der Waals surface area (Å²) in [6.07, 6.45) is 0.909. The third-order valence-electron chi connectivity index (χ3n) is 2.08. The average Bonchev–Trinajstić information content (AvgIpc) is 2.34. The van der Waals surface area contributed by atoms with E-state index in [0.717, 1.165) is 5.56 Å². The van der Waals surface area contributed by atoms with Gasteiger partial charge in [0.25, 0.3) is 0 Å². The normalized spacial score (nSPS) is 8.89. The molecule has 18 heavy (non-hydrogen) atoms. The molecule has 0 spiro atoms. The van der Waals surface area contributed by atoms with Crippen LogP contribution in [0.3, 0.4) is 0 Å². The van der Waals surface area contributed by atoms with Crippen LogP contribution < -0.4 is 5.32 Å². The molecule has 6 heteroatoms. The first-order valence-electron chi connectivity index (χ1n) is 5.16. The molecule has 6 nitrogen and oxygen atoms in total. The zero-order chi connectivity index (χ0) is 13.4. The van der Waals surface area contributed by atoms with Crippen LogP contribution in [0.2, 0.25) is 0 Å². The molecule has 1 amide bonds. The minimum absolute atomic E-state index is 0.0353. The maximum atomic E-state index is 11.4. The van der Waals surface area contributed by atoms with E-state index in [-0.39, 0.29) is 13.0 Å². The number of carbonyl (C=O) groups excluding carboxylic acids is 2. The van der Waals surface area contributed by atoms with E-state index in [1.165, 1.54) is 12.1 Å².